The number of nitrogens with two attached hydrogens (primary N) is 1. The summed E-state index contributed by atoms with van der Waals surface area (Å²) in [5.41, 5.74) is 5.37. The van der Waals surface area contributed by atoms with E-state index in [2.05, 4.69) is 5.32 Å². The van der Waals surface area contributed by atoms with E-state index in [1.807, 2.05) is 35.2 Å². The Labute approximate surface area is 137 Å². The first-order chi connectivity index (χ1) is 11.2. The highest BCUT2D eigenvalue weighted by molar-refractivity contribution is 5.79. The molecule has 126 valence electrons. The van der Waals surface area contributed by atoms with Crippen LogP contribution in [-0.2, 0) is 9.59 Å². The van der Waals surface area contributed by atoms with Crippen molar-refractivity contribution in [3.8, 4) is 5.75 Å². The summed E-state index contributed by atoms with van der Waals surface area (Å²) in [5.74, 6) is 0.586. The molecule has 1 fully saturated rings. The Balaban J connectivity index is 1.84. The van der Waals surface area contributed by atoms with E-state index < -0.39 is 0 Å². The molecular weight excluding hydrogens is 294 g/mol. The SMILES string of the molecule is NCCC(=O)NCC1CCCCN1C(=O)COc1ccccc1. The molecule has 0 bridgehead atoms. The van der Waals surface area contributed by atoms with E-state index in [0.717, 1.165) is 19.3 Å². The monoisotopic (exact) mass is 319 g/mol. The molecule has 1 unspecified atom stereocenters. The van der Waals surface area contributed by atoms with Gasteiger partial charge in [0.25, 0.3) is 5.91 Å². The summed E-state index contributed by atoms with van der Waals surface area (Å²) in [6.07, 6.45) is 3.28. The van der Waals surface area contributed by atoms with Crippen LogP contribution in [0.1, 0.15) is 25.7 Å². The maximum atomic E-state index is 12.4. The second-order valence-electron chi connectivity index (χ2n) is 5.68. The third kappa shape index (κ3) is 5.56. The van der Waals surface area contributed by atoms with Crippen molar-refractivity contribution in [1.82, 2.24) is 10.2 Å². The lowest BCUT2D eigenvalue weighted by Crippen LogP contribution is -2.50. The summed E-state index contributed by atoms with van der Waals surface area (Å²) in [4.78, 5) is 25.8. The smallest absolute Gasteiger partial charge is 0.260 e. The van der Waals surface area contributed by atoms with Crippen LogP contribution in [0.15, 0.2) is 30.3 Å². The predicted molar refractivity (Wildman–Crippen MR) is 88.0 cm³/mol. The van der Waals surface area contributed by atoms with Crippen LogP contribution in [0, 0.1) is 0 Å². The van der Waals surface area contributed by atoms with Crippen LogP contribution < -0.4 is 15.8 Å². The summed E-state index contributed by atoms with van der Waals surface area (Å²) in [7, 11) is 0. The molecule has 0 aromatic heterocycles. The normalized spacial score (nSPS) is 17.6. The number of hydrogen-bond acceptors (Lipinski definition) is 4. The first-order valence-electron chi connectivity index (χ1n) is 8.15. The van der Waals surface area contributed by atoms with Crippen molar-refractivity contribution in [3.05, 3.63) is 30.3 Å². The number of nitrogens with one attached hydrogen (secondary N) is 1. The topological polar surface area (TPSA) is 84.7 Å². The highest BCUT2D eigenvalue weighted by atomic mass is 16.5. The number of nitrogens with zero attached hydrogens (tertiary/aromatic N) is 1. The molecule has 3 N–H and O–H groups in total. The van der Waals surface area contributed by atoms with E-state index in [9.17, 15) is 9.59 Å². The molecule has 1 saturated heterocycles. The number of amides is 2. The minimum absolute atomic E-state index is 0.0251. The van der Waals surface area contributed by atoms with Crippen molar-refractivity contribution in [2.24, 2.45) is 5.73 Å². The molecule has 1 aromatic rings. The minimum atomic E-state index is -0.0639. The van der Waals surface area contributed by atoms with E-state index in [1.165, 1.54) is 0 Å². The zero-order chi connectivity index (χ0) is 16.5. The average molecular weight is 319 g/mol. The van der Waals surface area contributed by atoms with Gasteiger partial charge in [-0.2, -0.15) is 0 Å². The van der Waals surface area contributed by atoms with Gasteiger partial charge in [-0.25, -0.2) is 0 Å². The van der Waals surface area contributed by atoms with E-state index in [0.29, 0.717) is 31.8 Å². The average Bonchev–Trinajstić information content (AvgIpc) is 2.59. The van der Waals surface area contributed by atoms with Crippen LogP contribution in [0.4, 0.5) is 0 Å². The number of rotatable bonds is 7. The Bertz CT molecular complexity index is 507. The van der Waals surface area contributed by atoms with Crippen LogP contribution in [0.25, 0.3) is 0 Å². The van der Waals surface area contributed by atoms with Gasteiger partial charge in [0.15, 0.2) is 6.61 Å². The molecule has 1 aliphatic heterocycles. The van der Waals surface area contributed by atoms with Gasteiger partial charge in [-0.05, 0) is 31.4 Å². The highest BCUT2D eigenvalue weighted by Gasteiger charge is 2.27. The van der Waals surface area contributed by atoms with Gasteiger partial charge in [-0.3, -0.25) is 9.59 Å². The fourth-order valence-corrected chi connectivity index (χ4v) is 2.74. The zero-order valence-electron chi connectivity index (χ0n) is 13.4. The number of carbonyl (C=O) groups excluding carboxylic acids is 2. The standard InChI is InChI=1S/C17H25N3O3/c18-10-9-16(21)19-12-14-6-4-5-11-20(14)17(22)13-23-15-7-2-1-3-8-15/h1-3,7-8,14H,4-6,9-13,18H2,(H,19,21). The van der Waals surface area contributed by atoms with Gasteiger partial charge < -0.3 is 20.7 Å². The van der Waals surface area contributed by atoms with Crippen LogP contribution in [0.3, 0.4) is 0 Å². The maximum Gasteiger partial charge on any atom is 0.260 e. The van der Waals surface area contributed by atoms with Crippen molar-refractivity contribution >= 4 is 11.8 Å². The Hall–Kier alpha value is -2.08. The second kappa shape index (κ2) is 9.15. The summed E-state index contributed by atoms with van der Waals surface area (Å²) >= 11 is 0. The van der Waals surface area contributed by atoms with Crippen molar-refractivity contribution in [1.29, 1.82) is 0 Å². The first kappa shape index (κ1) is 17.3. The van der Waals surface area contributed by atoms with Gasteiger partial charge in [-0.1, -0.05) is 18.2 Å². The van der Waals surface area contributed by atoms with Gasteiger partial charge in [0.2, 0.25) is 5.91 Å². The number of ether oxygens (including phenoxy) is 1. The fourth-order valence-electron chi connectivity index (χ4n) is 2.74. The Kier molecular flexibility index (Phi) is 6.87. The number of piperidine rings is 1. The quantitative estimate of drug-likeness (QED) is 0.782. The molecule has 0 saturated carbocycles. The summed E-state index contributed by atoms with van der Waals surface area (Å²) in [6, 6.07) is 9.34. The molecule has 23 heavy (non-hydrogen) atoms. The van der Waals surface area contributed by atoms with E-state index in [4.69, 9.17) is 10.5 Å². The number of para-hydroxylation sites is 1. The zero-order valence-corrected chi connectivity index (χ0v) is 13.4. The molecule has 1 heterocycles. The van der Waals surface area contributed by atoms with Crippen LogP contribution in [-0.4, -0.2) is 49.0 Å². The van der Waals surface area contributed by atoms with Crippen LogP contribution >= 0.6 is 0 Å². The third-order valence-corrected chi connectivity index (χ3v) is 3.96. The van der Waals surface area contributed by atoms with Gasteiger partial charge in [0, 0.05) is 32.1 Å². The second-order valence-corrected chi connectivity index (χ2v) is 5.68. The van der Waals surface area contributed by atoms with Crippen LogP contribution in [0.5, 0.6) is 5.75 Å². The molecule has 0 spiro atoms. The van der Waals surface area contributed by atoms with Crippen molar-refractivity contribution in [3.63, 3.8) is 0 Å². The molecule has 1 atom stereocenters. The van der Waals surface area contributed by atoms with Gasteiger partial charge in [0.1, 0.15) is 5.75 Å². The fraction of sp³-hybridized carbons (Fsp3) is 0.529. The molecule has 6 nitrogen and oxygen atoms in total. The largest absolute Gasteiger partial charge is 0.484 e. The van der Waals surface area contributed by atoms with E-state index in [1.54, 1.807) is 0 Å². The van der Waals surface area contributed by atoms with E-state index >= 15 is 0 Å². The van der Waals surface area contributed by atoms with Crippen LogP contribution in [0.2, 0.25) is 0 Å². The third-order valence-electron chi connectivity index (χ3n) is 3.96. The highest BCUT2D eigenvalue weighted by Crippen LogP contribution is 2.17. The lowest BCUT2D eigenvalue weighted by molar-refractivity contribution is -0.137. The summed E-state index contributed by atoms with van der Waals surface area (Å²) < 4.78 is 5.54. The van der Waals surface area contributed by atoms with Gasteiger partial charge >= 0.3 is 0 Å². The summed E-state index contributed by atoms with van der Waals surface area (Å²) in [6.45, 7) is 1.56. The molecule has 6 heteroatoms. The number of likely N-dealkylation sites (tertiary alicyclic amines) is 1. The lowest BCUT2D eigenvalue weighted by atomic mass is 10.0. The van der Waals surface area contributed by atoms with Gasteiger partial charge in [0.05, 0.1) is 0 Å². The molecule has 2 amide bonds. The maximum absolute atomic E-state index is 12.4. The Morgan fingerprint density at radius 2 is 2.04 bits per heavy atom. The molecule has 1 aromatic carbocycles. The van der Waals surface area contributed by atoms with Crippen molar-refractivity contribution < 1.29 is 14.3 Å². The number of carbonyl (C=O) groups is 2. The van der Waals surface area contributed by atoms with E-state index in [-0.39, 0.29) is 24.5 Å². The molecule has 0 radical (unpaired) electrons. The minimum Gasteiger partial charge on any atom is -0.484 e. The summed E-state index contributed by atoms with van der Waals surface area (Å²) in [5, 5.41) is 2.86. The number of hydrogen-bond donors (Lipinski definition) is 2. The lowest BCUT2D eigenvalue weighted by Gasteiger charge is -2.35. The molecular formula is C17H25N3O3. The predicted octanol–water partition coefficient (Wildman–Crippen LogP) is 0.912. The molecule has 2 rings (SSSR count). The van der Waals surface area contributed by atoms with Gasteiger partial charge in [-0.15, -0.1) is 0 Å². The first-order valence-corrected chi connectivity index (χ1v) is 8.15. The number of benzene rings is 1. The van der Waals surface area contributed by atoms with Crippen molar-refractivity contribution in [2.75, 3.05) is 26.2 Å². The molecule has 0 aliphatic carbocycles. The van der Waals surface area contributed by atoms with Crippen molar-refractivity contribution in [2.45, 2.75) is 31.7 Å². The Morgan fingerprint density at radius 3 is 2.78 bits per heavy atom. The Morgan fingerprint density at radius 1 is 1.26 bits per heavy atom. The molecule has 1 aliphatic rings.